The molecule has 6 nitrogen and oxygen atoms in total. The molecule has 1 saturated heterocycles. The number of aliphatic hydroxyl groups is 1. The minimum atomic E-state index is -0.254. The number of piperazine rings is 1. The van der Waals surface area contributed by atoms with Crippen LogP contribution in [0.1, 0.15) is 50.4 Å². The Morgan fingerprint density at radius 3 is 2.55 bits per heavy atom. The molecule has 0 aromatic carbocycles. The van der Waals surface area contributed by atoms with Crippen LogP contribution in [0.15, 0.2) is 4.52 Å². The lowest BCUT2D eigenvalue weighted by Gasteiger charge is -2.37. The fraction of sp³-hybridized carbons (Fsp3) is 0.857. The summed E-state index contributed by atoms with van der Waals surface area (Å²) >= 11 is 0. The van der Waals surface area contributed by atoms with Crippen LogP contribution in [0.2, 0.25) is 0 Å². The van der Waals surface area contributed by atoms with E-state index in [-0.39, 0.29) is 12.1 Å². The minimum Gasteiger partial charge on any atom is -0.392 e. The Morgan fingerprint density at radius 1 is 1.25 bits per heavy atom. The molecule has 2 atom stereocenters. The van der Waals surface area contributed by atoms with E-state index in [0.717, 1.165) is 44.4 Å². The van der Waals surface area contributed by atoms with E-state index < -0.39 is 0 Å². The summed E-state index contributed by atoms with van der Waals surface area (Å²) in [7, 11) is 0. The number of hydrogen-bond acceptors (Lipinski definition) is 6. The minimum absolute atomic E-state index is 0.184. The van der Waals surface area contributed by atoms with Crippen LogP contribution in [-0.2, 0) is 0 Å². The third-order valence-corrected chi connectivity index (χ3v) is 4.23. The Bertz CT molecular complexity index is 436. The molecule has 1 aromatic heterocycles. The molecule has 1 aliphatic carbocycles. The van der Waals surface area contributed by atoms with Crippen molar-refractivity contribution in [2.75, 3.05) is 32.7 Å². The molecule has 0 radical (unpaired) electrons. The monoisotopic (exact) mass is 280 g/mol. The lowest BCUT2D eigenvalue weighted by Crippen LogP contribution is -2.48. The van der Waals surface area contributed by atoms with Crippen molar-refractivity contribution in [3.05, 3.63) is 11.7 Å². The van der Waals surface area contributed by atoms with Gasteiger partial charge in [-0.2, -0.15) is 4.98 Å². The van der Waals surface area contributed by atoms with E-state index in [4.69, 9.17) is 4.52 Å². The predicted molar refractivity (Wildman–Crippen MR) is 74.4 cm³/mol. The standard InChI is InChI=1S/C14H24N4O2/c1-10(19)9-17-5-7-18(8-6-17)11(2)14-15-13(16-20-14)12-3-4-12/h10-12,19H,3-9H2,1-2H3/t10-,11-/m0/s1. The quantitative estimate of drug-likeness (QED) is 0.868. The SMILES string of the molecule is C[C@H](O)CN1CCN([C@@H](C)c2nc(C3CC3)no2)CC1. The highest BCUT2D eigenvalue weighted by Crippen LogP contribution is 2.38. The Balaban J connectivity index is 1.53. The molecule has 2 heterocycles. The highest BCUT2D eigenvalue weighted by atomic mass is 16.5. The van der Waals surface area contributed by atoms with Gasteiger partial charge in [-0.15, -0.1) is 0 Å². The molecule has 1 N–H and O–H groups in total. The van der Waals surface area contributed by atoms with Crippen LogP contribution in [0.4, 0.5) is 0 Å². The lowest BCUT2D eigenvalue weighted by molar-refractivity contribution is 0.0582. The van der Waals surface area contributed by atoms with E-state index in [9.17, 15) is 5.11 Å². The molecule has 0 spiro atoms. The van der Waals surface area contributed by atoms with Gasteiger partial charge >= 0.3 is 0 Å². The summed E-state index contributed by atoms with van der Waals surface area (Å²) in [5, 5.41) is 13.5. The Labute approximate surface area is 119 Å². The predicted octanol–water partition coefficient (Wildman–Crippen LogP) is 1.01. The summed E-state index contributed by atoms with van der Waals surface area (Å²) < 4.78 is 5.42. The maximum absolute atomic E-state index is 9.43. The van der Waals surface area contributed by atoms with Crippen molar-refractivity contribution in [3.63, 3.8) is 0 Å². The molecule has 1 aromatic rings. The third kappa shape index (κ3) is 3.19. The van der Waals surface area contributed by atoms with E-state index in [1.165, 1.54) is 12.8 Å². The second-order valence-corrected chi connectivity index (χ2v) is 6.13. The maximum atomic E-state index is 9.43. The van der Waals surface area contributed by atoms with Gasteiger partial charge in [0.2, 0.25) is 5.89 Å². The third-order valence-electron chi connectivity index (χ3n) is 4.23. The van der Waals surface area contributed by atoms with Gasteiger partial charge in [0.15, 0.2) is 5.82 Å². The highest BCUT2D eigenvalue weighted by molar-refractivity contribution is 5.04. The smallest absolute Gasteiger partial charge is 0.243 e. The summed E-state index contributed by atoms with van der Waals surface area (Å²) in [6.07, 6.45) is 2.15. The van der Waals surface area contributed by atoms with E-state index >= 15 is 0 Å². The second kappa shape index (κ2) is 5.79. The van der Waals surface area contributed by atoms with Gasteiger partial charge in [-0.25, -0.2) is 0 Å². The van der Waals surface area contributed by atoms with Gasteiger partial charge in [0.25, 0.3) is 0 Å². The van der Waals surface area contributed by atoms with Crippen molar-refractivity contribution in [1.82, 2.24) is 19.9 Å². The number of aliphatic hydroxyl groups excluding tert-OH is 1. The van der Waals surface area contributed by atoms with Crippen molar-refractivity contribution in [1.29, 1.82) is 0 Å². The van der Waals surface area contributed by atoms with Crippen LogP contribution in [0.3, 0.4) is 0 Å². The number of nitrogens with zero attached hydrogens (tertiary/aromatic N) is 4. The molecule has 2 aliphatic rings. The number of aromatic nitrogens is 2. The van der Waals surface area contributed by atoms with Gasteiger partial charge in [-0.1, -0.05) is 5.16 Å². The number of β-amino-alcohol motifs (C(OH)–C–C–N with tert-alkyl or cyclic N) is 1. The summed E-state index contributed by atoms with van der Waals surface area (Å²) in [5.41, 5.74) is 0. The normalized spacial score (nSPS) is 24.8. The van der Waals surface area contributed by atoms with Gasteiger partial charge in [0.05, 0.1) is 12.1 Å². The molecule has 0 unspecified atom stereocenters. The average molecular weight is 280 g/mol. The molecule has 6 heteroatoms. The summed E-state index contributed by atoms with van der Waals surface area (Å²) in [6.45, 7) is 8.66. The molecule has 3 rings (SSSR count). The topological polar surface area (TPSA) is 65.6 Å². The van der Waals surface area contributed by atoms with Crippen molar-refractivity contribution < 1.29 is 9.63 Å². The first-order valence-electron chi connectivity index (χ1n) is 7.61. The van der Waals surface area contributed by atoms with Crippen LogP contribution >= 0.6 is 0 Å². The summed E-state index contributed by atoms with van der Waals surface area (Å²) in [5.74, 6) is 2.18. The molecule has 0 bridgehead atoms. The van der Waals surface area contributed by atoms with Crippen molar-refractivity contribution in [2.24, 2.45) is 0 Å². The van der Waals surface area contributed by atoms with Gasteiger partial charge in [-0.3, -0.25) is 9.80 Å². The lowest BCUT2D eigenvalue weighted by atomic mass is 10.2. The van der Waals surface area contributed by atoms with Crippen LogP contribution < -0.4 is 0 Å². The number of hydrogen-bond donors (Lipinski definition) is 1. The van der Waals surface area contributed by atoms with Crippen LogP contribution in [-0.4, -0.2) is 63.9 Å². The highest BCUT2D eigenvalue weighted by Gasteiger charge is 2.31. The van der Waals surface area contributed by atoms with E-state index in [0.29, 0.717) is 5.92 Å². The van der Waals surface area contributed by atoms with Crippen LogP contribution in [0.25, 0.3) is 0 Å². The number of rotatable bonds is 5. The Kier molecular flexibility index (Phi) is 4.05. The maximum Gasteiger partial charge on any atom is 0.243 e. The zero-order valence-electron chi connectivity index (χ0n) is 12.3. The average Bonchev–Trinajstić information content (AvgIpc) is 3.16. The fourth-order valence-corrected chi connectivity index (χ4v) is 2.79. The van der Waals surface area contributed by atoms with Crippen molar-refractivity contribution in [2.45, 2.75) is 44.8 Å². The molecule has 112 valence electrons. The van der Waals surface area contributed by atoms with Crippen molar-refractivity contribution >= 4 is 0 Å². The van der Waals surface area contributed by atoms with Gasteiger partial charge in [0, 0.05) is 38.6 Å². The van der Waals surface area contributed by atoms with E-state index in [1.807, 2.05) is 6.92 Å². The molecule has 1 aliphatic heterocycles. The fourth-order valence-electron chi connectivity index (χ4n) is 2.79. The van der Waals surface area contributed by atoms with Crippen LogP contribution in [0.5, 0.6) is 0 Å². The molecular weight excluding hydrogens is 256 g/mol. The first kappa shape index (κ1) is 14.0. The van der Waals surface area contributed by atoms with Gasteiger partial charge < -0.3 is 9.63 Å². The van der Waals surface area contributed by atoms with Gasteiger partial charge in [0.1, 0.15) is 0 Å². The molecule has 1 saturated carbocycles. The zero-order valence-corrected chi connectivity index (χ0v) is 12.3. The largest absolute Gasteiger partial charge is 0.392 e. The summed E-state index contributed by atoms with van der Waals surface area (Å²) in [4.78, 5) is 9.22. The van der Waals surface area contributed by atoms with Crippen LogP contribution in [0, 0.1) is 0 Å². The van der Waals surface area contributed by atoms with Crippen molar-refractivity contribution in [3.8, 4) is 0 Å². The zero-order chi connectivity index (χ0) is 14.1. The first-order valence-corrected chi connectivity index (χ1v) is 7.61. The molecule has 0 amide bonds. The second-order valence-electron chi connectivity index (χ2n) is 6.13. The molecule has 20 heavy (non-hydrogen) atoms. The van der Waals surface area contributed by atoms with Gasteiger partial charge in [-0.05, 0) is 26.7 Å². The first-order chi connectivity index (χ1) is 9.63. The summed E-state index contributed by atoms with van der Waals surface area (Å²) in [6, 6.07) is 0.184. The van der Waals surface area contributed by atoms with E-state index in [1.54, 1.807) is 0 Å². The van der Waals surface area contributed by atoms with E-state index in [2.05, 4.69) is 26.9 Å². The Hall–Kier alpha value is -0.980. The Morgan fingerprint density at radius 2 is 1.95 bits per heavy atom. The molecule has 2 fully saturated rings. The molecular formula is C14H24N4O2.